The second-order valence-corrected chi connectivity index (χ2v) is 7.89. The van der Waals surface area contributed by atoms with Crippen LogP contribution >= 0.6 is 0 Å². The van der Waals surface area contributed by atoms with Gasteiger partial charge in [0, 0.05) is 18.4 Å². The summed E-state index contributed by atoms with van der Waals surface area (Å²) in [4.78, 5) is 43.6. The van der Waals surface area contributed by atoms with Crippen molar-refractivity contribution in [1.29, 1.82) is 0 Å². The Bertz CT molecular complexity index is 1240. The van der Waals surface area contributed by atoms with Crippen LogP contribution < -0.4 is 16.1 Å². The third-order valence-corrected chi connectivity index (χ3v) is 5.71. The van der Waals surface area contributed by atoms with Crippen LogP contribution in [-0.4, -0.2) is 27.4 Å². The number of fused-ring (bicyclic) bond motifs is 1. The molecule has 32 heavy (non-hydrogen) atoms. The Balaban J connectivity index is 1.68. The molecule has 3 aromatic rings. The summed E-state index contributed by atoms with van der Waals surface area (Å²) in [5, 5.41) is 6.09. The van der Waals surface area contributed by atoms with Crippen molar-refractivity contribution < 1.29 is 9.59 Å². The van der Waals surface area contributed by atoms with Crippen LogP contribution in [0.5, 0.6) is 0 Å². The van der Waals surface area contributed by atoms with Gasteiger partial charge in [0.1, 0.15) is 17.3 Å². The lowest BCUT2D eigenvalue weighted by Gasteiger charge is -2.21. The maximum Gasteiger partial charge on any atom is 0.257 e. The number of nitrogens with zero attached hydrogens (tertiary/aromatic N) is 2. The molecule has 1 fully saturated rings. The van der Waals surface area contributed by atoms with Crippen molar-refractivity contribution in [3.8, 4) is 12.3 Å². The molecule has 1 saturated carbocycles. The number of carbonyl (C=O) groups excluding carboxylic acids is 2. The van der Waals surface area contributed by atoms with Crippen molar-refractivity contribution in [1.82, 2.24) is 20.2 Å². The van der Waals surface area contributed by atoms with Crippen molar-refractivity contribution in [2.45, 2.75) is 44.3 Å². The monoisotopic (exact) mass is 428 g/mol. The van der Waals surface area contributed by atoms with E-state index in [1.165, 1.54) is 6.20 Å². The van der Waals surface area contributed by atoms with Crippen molar-refractivity contribution in [3.05, 3.63) is 76.2 Å². The van der Waals surface area contributed by atoms with Gasteiger partial charge in [-0.25, -0.2) is 4.98 Å². The van der Waals surface area contributed by atoms with E-state index in [1.54, 1.807) is 47.2 Å². The average molecular weight is 428 g/mol. The maximum absolute atomic E-state index is 13.2. The number of aromatic nitrogens is 2. The SMILES string of the molecule is C#CCn1cc(C(=O)NC(C(=O)NC2CCCC2)c2ccccc2)c(=O)c2cccnc21. The second-order valence-electron chi connectivity index (χ2n) is 7.89. The predicted molar refractivity (Wildman–Crippen MR) is 122 cm³/mol. The molecule has 7 nitrogen and oxygen atoms in total. The zero-order chi connectivity index (χ0) is 22.5. The fraction of sp³-hybridized carbons (Fsp3) is 0.280. The number of nitrogens with one attached hydrogen (secondary N) is 2. The van der Waals surface area contributed by atoms with Crippen LogP contribution in [0.15, 0.2) is 59.7 Å². The minimum Gasteiger partial charge on any atom is -0.351 e. The first-order valence-electron chi connectivity index (χ1n) is 10.7. The van der Waals surface area contributed by atoms with Crippen LogP contribution in [0, 0.1) is 12.3 Å². The molecule has 2 amide bonds. The molecule has 1 atom stereocenters. The van der Waals surface area contributed by atoms with Crippen LogP contribution in [0.25, 0.3) is 11.0 Å². The molecule has 2 N–H and O–H groups in total. The molecular weight excluding hydrogens is 404 g/mol. The van der Waals surface area contributed by atoms with E-state index in [-0.39, 0.29) is 24.1 Å². The minimum absolute atomic E-state index is 0.0876. The molecule has 0 saturated heterocycles. The van der Waals surface area contributed by atoms with E-state index in [1.807, 2.05) is 6.07 Å². The van der Waals surface area contributed by atoms with Crippen molar-refractivity contribution in [2.24, 2.45) is 0 Å². The molecule has 0 spiro atoms. The summed E-state index contributed by atoms with van der Waals surface area (Å²) in [7, 11) is 0. The molecule has 4 rings (SSSR count). The zero-order valence-electron chi connectivity index (χ0n) is 17.6. The van der Waals surface area contributed by atoms with E-state index < -0.39 is 17.4 Å². The third-order valence-electron chi connectivity index (χ3n) is 5.71. The van der Waals surface area contributed by atoms with E-state index in [9.17, 15) is 14.4 Å². The lowest BCUT2D eigenvalue weighted by Crippen LogP contribution is -2.44. The fourth-order valence-corrected chi connectivity index (χ4v) is 4.11. The summed E-state index contributed by atoms with van der Waals surface area (Å²) in [5.41, 5.74) is 0.505. The Labute approximate surface area is 185 Å². The molecular formula is C25H24N4O3. The Morgan fingerprint density at radius 2 is 1.91 bits per heavy atom. The normalized spacial score (nSPS) is 14.6. The molecule has 1 aromatic carbocycles. The van der Waals surface area contributed by atoms with Gasteiger partial charge in [0.25, 0.3) is 5.91 Å². The molecule has 0 radical (unpaired) electrons. The van der Waals surface area contributed by atoms with Crippen LogP contribution in [0.4, 0.5) is 0 Å². The van der Waals surface area contributed by atoms with E-state index in [0.717, 1.165) is 25.7 Å². The molecule has 0 bridgehead atoms. The van der Waals surface area contributed by atoms with Gasteiger partial charge in [0.15, 0.2) is 0 Å². The Morgan fingerprint density at radius 1 is 1.16 bits per heavy atom. The largest absolute Gasteiger partial charge is 0.351 e. The number of pyridine rings is 2. The summed E-state index contributed by atoms with van der Waals surface area (Å²) < 4.78 is 1.59. The van der Waals surface area contributed by atoms with Gasteiger partial charge in [0.2, 0.25) is 11.3 Å². The van der Waals surface area contributed by atoms with Gasteiger partial charge < -0.3 is 15.2 Å². The average Bonchev–Trinajstić information content (AvgIpc) is 3.33. The molecule has 2 aromatic heterocycles. The predicted octanol–water partition coefficient (Wildman–Crippen LogP) is 2.56. The molecule has 1 aliphatic rings. The number of hydrogen-bond acceptors (Lipinski definition) is 4. The van der Waals surface area contributed by atoms with Crippen LogP contribution in [0.3, 0.4) is 0 Å². The summed E-state index contributed by atoms with van der Waals surface area (Å²) in [6, 6.07) is 11.4. The van der Waals surface area contributed by atoms with Crippen LogP contribution in [-0.2, 0) is 11.3 Å². The summed E-state index contributed by atoms with van der Waals surface area (Å²) in [6.07, 6.45) is 12.4. The molecule has 7 heteroatoms. The smallest absolute Gasteiger partial charge is 0.257 e. The maximum atomic E-state index is 13.2. The van der Waals surface area contributed by atoms with Gasteiger partial charge in [-0.3, -0.25) is 14.4 Å². The summed E-state index contributed by atoms with van der Waals surface area (Å²) in [6.45, 7) is 0.151. The van der Waals surface area contributed by atoms with Gasteiger partial charge in [-0.2, -0.15) is 0 Å². The highest BCUT2D eigenvalue weighted by molar-refractivity contribution is 5.99. The highest BCUT2D eigenvalue weighted by Crippen LogP contribution is 2.20. The van der Waals surface area contributed by atoms with Crippen LogP contribution in [0.1, 0.15) is 47.6 Å². The topological polar surface area (TPSA) is 93.1 Å². The quantitative estimate of drug-likeness (QED) is 0.590. The number of amides is 2. The molecule has 1 unspecified atom stereocenters. The Morgan fingerprint density at radius 3 is 2.62 bits per heavy atom. The van der Waals surface area contributed by atoms with Gasteiger partial charge in [0.05, 0.1) is 11.9 Å². The fourth-order valence-electron chi connectivity index (χ4n) is 4.11. The first-order chi connectivity index (χ1) is 15.6. The highest BCUT2D eigenvalue weighted by atomic mass is 16.2. The number of carbonyl (C=O) groups is 2. The Hall–Kier alpha value is -3.92. The van der Waals surface area contributed by atoms with E-state index in [0.29, 0.717) is 16.6 Å². The van der Waals surface area contributed by atoms with E-state index in [2.05, 4.69) is 21.5 Å². The van der Waals surface area contributed by atoms with Crippen molar-refractivity contribution >= 4 is 22.8 Å². The first-order valence-corrected chi connectivity index (χ1v) is 10.7. The van der Waals surface area contributed by atoms with Gasteiger partial charge in [-0.05, 0) is 30.5 Å². The van der Waals surface area contributed by atoms with Gasteiger partial charge in [-0.1, -0.05) is 49.1 Å². The number of terminal acetylenes is 1. The van der Waals surface area contributed by atoms with Gasteiger partial charge >= 0.3 is 0 Å². The van der Waals surface area contributed by atoms with E-state index in [4.69, 9.17) is 6.42 Å². The Kier molecular flexibility index (Phi) is 6.31. The summed E-state index contributed by atoms with van der Waals surface area (Å²) >= 11 is 0. The highest BCUT2D eigenvalue weighted by Gasteiger charge is 2.27. The van der Waals surface area contributed by atoms with Crippen LogP contribution in [0.2, 0.25) is 0 Å². The molecule has 162 valence electrons. The first kappa shape index (κ1) is 21.3. The molecule has 0 aliphatic heterocycles. The minimum atomic E-state index is -0.922. The summed E-state index contributed by atoms with van der Waals surface area (Å²) in [5.74, 6) is 1.59. The molecule has 1 aliphatic carbocycles. The second kappa shape index (κ2) is 9.48. The lowest BCUT2D eigenvalue weighted by atomic mass is 10.0. The van der Waals surface area contributed by atoms with Gasteiger partial charge in [-0.15, -0.1) is 6.42 Å². The standard InChI is InChI=1S/C25H24N4O3/c1-2-15-29-16-20(22(30)19-13-8-14-26-23(19)29)24(31)28-21(17-9-4-3-5-10-17)25(32)27-18-11-6-7-12-18/h1,3-5,8-10,13-14,16,18,21H,6-7,11-12,15H2,(H,27,32)(H,28,31). The van der Waals surface area contributed by atoms with E-state index >= 15 is 0 Å². The third kappa shape index (κ3) is 4.40. The zero-order valence-corrected chi connectivity index (χ0v) is 17.6. The number of benzene rings is 1. The van der Waals surface area contributed by atoms with Crippen molar-refractivity contribution in [3.63, 3.8) is 0 Å². The lowest BCUT2D eigenvalue weighted by molar-refractivity contribution is -0.123. The number of hydrogen-bond donors (Lipinski definition) is 2. The van der Waals surface area contributed by atoms with Crippen molar-refractivity contribution in [2.75, 3.05) is 0 Å². The molecule has 2 heterocycles. The number of rotatable bonds is 6.